The quantitative estimate of drug-likeness (QED) is 0.667. The summed E-state index contributed by atoms with van der Waals surface area (Å²) in [5.74, 6) is 0.383. The summed E-state index contributed by atoms with van der Waals surface area (Å²) in [6.07, 6.45) is 2.46. The van der Waals surface area contributed by atoms with E-state index in [-0.39, 0.29) is 11.4 Å². The molecule has 0 saturated heterocycles. The molecule has 0 radical (unpaired) electrons. The second-order valence-electron chi connectivity index (χ2n) is 3.87. The van der Waals surface area contributed by atoms with Crippen molar-refractivity contribution in [3.05, 3.63) is 18.3 Å². The van der Waals surface area contributed by atoms with Crippen LogP contribution >= 0.6 is 0 Å². The van der Waals surface area contributed by atoms with Gasteiger partial charge in [0.15, 0.2) is 0 Å². The van der Waals surface area contributed by atoms with Crippen LogP contribution in [0.5, 0.6) is 0 Å². The van der Waals surface area contributed by atoms with Crippen LogP contribution in [0.15, 0.2) is 23.2 Å². The van der Waals surface area contributed by atoms with E-state index in [1.807, 2.05) is 13.8 Å². The van der Waals surface area contributed by atoms with Crippen molar-refractivity contribution >= 4 is 15.8 Å². The normalized spacial score (nSPS) is 11.5. The van der Waals surface area contributed by atoms with E-state index in [1.54, 1.807) is 12.3 Å². The fraction of sp³-hybridized carbons (Fsp3) is 0.583. The molecule has 108 valence electrons. The molecule has 0 bridgehead atoms. The van der Waals surface area contributed by atoms with Crippen LogP contribution < -0.4 is 10.0 Å². The van der Waals surface area contributed by atoms with Crippen molar-refractivity contribution in [1.82, 2.24) is 9.71 Å². The monoisotopic (exact) mass is 287 g/mol. The van der Waals surface area contributed by atoms with Crippen LogP contribution in [0.3, 0.4) is 0 Å². The van der Waals surface area contributed by atoms with Crippen molar-refractivity contribution in [2.45, 2.75) is 25.2 Å². The van der Waals surface area contributed by atoms with Crippen LogP contribution in [-0.4, -0.2) is 39.7 Å². The highest BCUT2D eigenvalue weighted by atomic mass is 32.2. The lowest BCUT2D eigenvalue weighted by Crippen LogP contribution is -2.28. The maximum atomic E-state index is 12.1. The van der Waals surface area contributed by atoms with Crippen molar-refractivity contribution in [1.29, 1.82) is 0 Å². The average molecular weight is 287 g/mol. The number of ether oxygens (including phenoxy) is 1. The van der Waals surface area contributed by atoms with E-state index in [0.717, 1.165) is 6.42 Å². The Hall–Kier alpha value is -1.18. The fourth-order valence-corrected chi connectivity index (χ4v) is 2.60. The van der Waals surface area contributed by atoms with Gasteiger partial charge in [-0.1, -0.05) is 6.92 Å². The van der Waals surface area contributed by atoms with Crippen molar-refractivity contribution in [2.24, 2.45) is 0 Å². The number of pyridine rings is 1. The van der Waals surface area contributed by atoms with Crippen molar-refractivity contribution < 1.29 is 13.2 Å². The van der Waals surface area contributed by atoms with Gasteiger partial charge in [-0.2, -0.15) is 0 Å². The van der Waals surface area contributed by atoms with E-state index in [4.69, 9.17) is 4.74 Å². The van der Waals surface area contributed by atoms with Crippen LogP contribution in [-0.2, 0) is 14.8 Å². The summed E-state index contributed by atoms with van der Waals surface area (Å²) in [6, 6.07) is 3.14. The van der Waals surface area contributed by atoms with Crippen LogP contribution in [0, 0.1) is 0 Å². The molecule has 7 heteroatoms. The third kappa shape index (κ3) is 5.14. The zero-order chi connectivity index (χ0) is 14.1. The molecule has 0 aliphatic carbocycles. The van der Waals surface area contributed by atoms with E-state index in [0.29, 0.717) is 25.6 Å². The number of aromatic nitrogens is 1. The lowest BCUT2D eigenvalue weighted by Gasteiger charge is -2.11. The maximum absolute atomic E-state index is 12.1. The number of hydrogen-bond acceptors (Lipinski definition) is 5. The predicted molar refractivity (Wildman–Crippen MR) is 74.7 cm³/mol. The Bertz CT molecular complexity index is 477. The molecule has 1 aromatic heterocycles. The van der Waals surface area contributed by atoms with Crippen LogP contribution in [0.1, 0.15) is 20.3 Å². The molecular formula is C12H21N3O3S. The maximum Gasteiger partial charge on any atom is 0.244 e. The minimum absolute atomic E-state index is 0.167. The molecule has 0 fully saturated rings. The fourth-order valence-electron chi connectivity index (χ4n) is 1.45. The topological polar surface area (TPSA) is 80.3 Å². The summed E-state index contributed by atoms with van der Waals surface area (Å²) in [4.78, 5) is 4.23. The standard InChI is InChI=1S/C12H21N3O3S/c1-3-7-13-12-11(6-5-8-14-12)19(16,17)15-9-10-18-4-2/h5-6,8,15H,3-4,7,9-10H2,1-2H3,(H,13,14). The van der Waals surface area contributed by atoms with E-state index in [9.17, 15) is 8.42 Å². The van der Waals surface area contributed by atoms with Crippen LogP contribution in [0.2, 0.25) is 0 Å². The Balaban J connectivity index is 2.76. The molecule has 0 amide bonds. The van der Waals surface area contributed by atoms with Gasteiger partial charge < -0.3 is 10.1 Å². The highest BCUT2D eigenvalue weighted by Gasteiger charge is 2.18. The molecule has 0 unspecified atom stereocenters. The highest BCUT2D eigenvalue weighted by molar-refractivity contribution is 7.89. The average Bonchev–Trinajstić information content (AvgIpc) is 2.41. The van der Waals surface area contributed by atoms with E-state index in [2.05, 4.69) is 15.0 Å². The SMILES string of the molecule is CCCNc1ncccc1S(=O)(=O)NCCOCC. The van der Waals surface area contributed by atoms with Crippen molar-refractivity contribution in [3.8, 4) is 0 Å². The zero-order valence-electron chi connectivity index (χ0n) is 11.3. The summed E-state index contributed by atoms with van der Waals surface area (Å²) in [5, 5.41) is 3.01. The number of nitrogens with zero attached hydrogens (tertiary/aromatic N) is 1. The number of hydrogen-bond donors (Lipinski definition) is 2. The van der Waals surface area contributed by atoms with Gasteiger partial charge in [-0.15, -0.1) is 0 Å². The Morgan fingerprint density at radius 2 is 2.11 bits per heavy atom. The minimum Gasteiger partial charge on any atom is -0.380 e. The largest absolute Gasteiger partial charge is 0.380 e. The lowest BCUT2D eigenvalue weighted by atomic mass is 10.4. The minimum atomic E-state index is -3.56. The van der Waals surface area contributed by atoms with Gasteiger partial charge in [0.1, 0.15) is 10.7 Å². The van der Waals surface area contributed by atoms with Crippen LogP contribution in [0.25, 0.3) is 0 Å². The molecule has 19 heavy (non-hydrogen) atoms. The molecule has 0 atom stereocenters. The van der Waals surface area contributed by atoms with E-state index in [1.165, 1.54) is 6.07 Å². The Kier molecular flexibility index (Phi) is 6.75. The van der Waals surface area contributed by atoms with Crippen LogP contribution in [0.4, 0.5) is 5.82 Å². The van der Waals surface area contributed by atoms with Gasteiger partial charge in [0.2, 0.25) is 10.0 Å². The first-order chi connectivity index (χ1) is 9.11. The molecule has 1 rings (SSSR count). The summed E-state index contributed by atoms with van der Waals surface area (Å²) in [6.45, 7) is 5.72. The number of sulfonamides is 1. The molecule has 0 aliphatic rings. The summed E-state index contributed by atoms with van der Waals surface area (Å²) in [5.41, 5.74) is 0. The van der Waals surface area contributed by atoms with Gasteiger partial charge in [0, 0.05) is 25.9 Å². The van der Waals surface area contributed by atoms with Crippen molar-refractivity contribution in [2.75, 3.05) is 31.6 Å². The molecule has 2 N–H and O–H groups in total. The first-order valence-electron chi connectivity index (χ1n) is 6.38. The molecule has 6 nitrogen and oxygen atoms in total. The zero-order valence-corrected chi connectivity index (χ0v) is 12.2. The number of anilines is 1. The second-order valence-corrected chi connectivity index (χ2v) is 5.61. The molecule has 0 saturated carbocycles. The number of rotatable bonds is 9. The molecule has 1 heterocycles. The molecule has 1 aromatic rings. The van der Waals surface area contributed by atoms with Gasteiger partial charge in [-0.3, -0.25) is 0 Å². The van der Waals surface area contributed by atoms with Crippen molar-refractivity contribution in [3.63, 3.8) is 0 Å². The Morgan fingerprint density at radius 3 is 2.79 bits per heavy atom. The van der Waals surface area contributed by atoms with Gasteiger partial charge in [0.25, 0.3) is 0 Å². The predicted octanol–water partition coefficient (Wildman–Crippen LogP) is 1.22. The van der Waals surface area contributed by atoms with Gasteiger partial charge in [-0.25, -0.2) is 18.1 Å². The Labute approximate surface area is 114 Å². The number of nitrogens with one attached hydrogen (secondary N) is 2. The summed E-state index contributed by atoms with van der Waals surface area (Å²) >= 11 is 0. The molecule has 0 aromatic carbocycles. The summed E-state index contributed by atoms with van der Waals surface area (Å²) in [7, 11) is -3.56. The summed E-state index contributed by atoms with van der Waals surface area (Å²) < 4.78 is 31.9. The van der Waals surface area contributed by atoms with Gasteiger partial charge >= 0.3 is 0 Å². The molecule has 0 spiro atoms. The molecule has 0 aliphatic heterocycles. The first kappa shape index (κ1) is 15.9. The highest BCUT2D eigenvalue weighted by Crippen LogP contribution is 2.17. The second kappa shape index (κ2) is 8.08. The van der Waals surface area contributed by atoms with E-state index >= 15 is 0 Å². The first-order valence-corrected chi connectivity index (χ1v) is 7.86. The third-order valence-electron chi connectivity index (χ3n) is 2.35. The van der Waals surface area contributed by atoms with E-state index < -0.39 is 10.0 Å². The smallest absolute Gasteiger partial charge is 0.244 e. The Morgan fingerprint density at radius 1 is 1.32 bits per heavy atom. The van der Waals surface area contributed by atoms with Gasteiger partial charge in [0.05, 0.1) is 6.61 Å². The van der Waals surface area contributed by atoms with Gasteiger partial charge in [-0.05, 0) is 25.5 Å². The third-order valence-corrected chi connectivity index (χ3v) is 3.84. The molecular weight excluding hydrogens is 266 g/mol. The lowest BCUT2D eigenvalue weighted by molar-refractivity contribution is 0.153.